The van der Waals surface area contributed by atoms with Crippen LogP contribution in [0.1, 0.15) is 32.3 Å². The van der Waals surface area contributed by atoms with Crippen molar-refractivity contribution in [3.63, 3.8) is 0 Å². The van der Waals surface area contributed by atoms with E-state index in [1.54, 1.807) is 0 Å². The second kappa shape index (κ2) is 12.3. The maximum Gasteiger partial charge on any atom is 0.213 e. The Morgan fingerprint density at radius 3 is 2.88 bits per heavy atom. The van der Waals surface area contributed by atoms with Gasteiger partial charge in [0.2, 0.25) is 5.88 Å². The minimum absolute atomic E-state index is 0. The summed E-state index contributed by atoms with van der Waals surface area (Å²) in [5.41, 5.74) is 1.12. The summed E-state index contributed by atoms with van der Waals surface area (Å²) in [5.74, 6) is 2.23. The molecule has 1 atom stereocenters. The molecule has 1 N–H and O–H groups in total. The van der Waals surface area contributed by atoms with Gasteiger partial charge in [0, 0.05) is 51.5 Å². The Hall–Kier alpha value is -1.09. The summed E-state index contributed by atoms with van der Waals surface area (Å²) >= 11 is 0. The van der Waals surface area contributed by atoms with Crippen LogP contribution in [-0.2, 0) is 11.3 Å². The molecule has 2 heterocycles. The summed E-state index contributed by atoms with van der Waals surface area (Å²) in [6, 6.07) is 3.96. The van der Waals surface area contributed by atoms with Crippen LogP contribution >= 0.6 is 24.0 Å². The molecule has 7 heteroatoms. The normalized spacial score (nSPS) is 17.3. The van der Waals surface area contributed by atoms with Crippen LogP contribution in [-0.4, -0.2) is 55.8 Å². The Morgan fingerprint density at radius 1 is 1.40 bits per heavy atom. The number of nitrogens with zero attached hydrogens (tertiary/aromatic N) is 3. The predicted octanol–water partition coefficient (Wildman–Crippen LogP) is 2.92. The Kier molecular flexibility index (Phi) is 10.8. The number of rotatable bonds is 8. The minimum atomic E-state index is 0. The lowest BCUT2D eigenvalue weighted by Crippen LogP contribution is -2.39. The summed E-state index contributed by atoms with van der Waals surface area (Å²) in [7, 11) is 1.83. The second-order valence-electron chi connectivity index (χ2n) is 6.01. The van der Waals surface area contributed by atoms with E-state index in [9.17, 15) is 0 Å². The Morgan fingerprint density at radius 2 is 2.24 bits per heavy atom. The highest BCUT2D eigenvalue weighted by Crippen LogP contribution is 2.16. The third kappa shape index (κ3) is 7.35. The fourth-order valence-corrected chi connectivity index (χ4v) is 2.77. The van der Waals surface area contributed by atoms with Gasteiger partial charge in [0.05, 0.1) is 13.2 Å². The van der Waals surface area contributed by atoms with Gasteiger partial charge in [-0.15, -0.1) is 24.0 Å². The van der Waals surface area contributed by atoms with E-state index in [0.717, 1.165) is 50.7 Å². The SMILES string of the molecule is CCCOc1ccc(CNC(=NC)N2CCC(COCC)C2)cn1.I. The number of aliphatic imine (C=N–C) groups is 1. The van der Waals surface area contributed by atoms with E-state index < -0.39 is 0 Å². The lowest BCUT2D eigenvalue weighted by Gasteiger charge is -2.21. The Balaban J connectivity index is 0.00000312. The van der Waals surface area contributed by atoms with Crippen LogP contribution in [0, 0.1) is 5.92 Å². The molecule has 0 aromatic carbocycles. The van der Waals surface area contributed by atoms with E-state index >= 15 is 0 Å². The molecule has 0 aliphatic carbocycles. The number of halogens is 1. The van der Waals surface area contributed by atoms with Crippen molar-refractivity contribution in [2.45, 2.75) is 33.2 Å². The first kappa shape index (κ1) is 22.0. The first-order valence-corrected chi connectivity index (χ1v) is 8.87. The van der Waals surface area contributed by atoms with Gasteiger partial charge in [-0.1, -0.05) is 13.0 Å². The molecule has 0 saturated carbocycles. The molecule has 0 spiro atoms. The topological polar surface area (TPSA) is 59.0 Å². The largest absolute Gasteiger partial charge is 0.478 e. The highest BCUT2D eigenvalue weighted by molar-refractivity contribution is 14.0. The molecule has 6 nitrogen and oxygen atoms in total. The molecule has 1 aromatic heterocycles. The molecule has 25 heavy (non-hydrogen) atoms. The van der Waals surface area contributed by atoms with Crippen molar-refractivity contribution in [3.8, 4) is 5.88 Å². The van der Waals surface area contributed by atoms with Crippen molar-refractivity contribution < 1.29 is 9.47 Å². The van der Waals surface area contributed by atoms with Crippen molar-refractivity contribution >= 4 is 29.9 Å². The van der Waals surface area contributed by atoms with Crippen LogP contribution in [0.3, 0.4) is 0 Å². The number of hydrogen-bond acceptors (Lipinski definition) is 4. The van der Waals surface area contributed by atoms with Gasteiger partial charge in [-0.3, -0.25) is 4.99 Å². The van der Waals surface area contributed by atoms with Gasteiger partial charge in [0.15, 0.2) is 5.96 Å². The average Bonchev–Trinajstić information content (AvgIpc) is 3.08. The van der Waals surface area contributed by atoms with Gasteiger partial charge in [0.1, 0.15) is 0 Å². The molecule has 1 aliphatic rings. The van der Waals surface area contributed by atoms with Crippen molar-refractivity contribution in [3.05, 3.63) is 23.9 Å². The summed E-state index contributed by atoms with van der Waals surface area (Å²) in [4.78, 5) is 11.0. The van der Waals surface area contributed by atoms with E-state index in [2.05, 4.69) is 27.1 Å². The van der Waals surface area contributed by atoms with Gasteiger partial charge >= 0.3 is 0 Å². The maximum absolute atomic E-state index is 5.54. The second-order valence-corrected chi connectivity index (χ2v) is 6.01. The summed E-state index contributed by atoms with van der Waals surface area (Å²) in [6.45, 7) is 9.19. The van der Waals surface area contributed by atoms with Crippen molar-refractivity contribution in [1.82, 2.24) is 15.2 Å². The Labute approximate surface area is 168 Å². The van der Waals surface area contributed by atoms with Crippen LogP contribution < -0.4 is 10.1 Å². The third-order valence-corrected chi connectivity index (χ3v) is 4.06. The zero-order chi connectivity index (χ0) is 17.2. The van der Waals surface area contributed by atoms with Gasteiger partial charge in [-0.05, 0) is 25.3 Å². The first-order chi connectivity index (χ1) is 11.8. The minimum Gasteiger partial charge on any atom is -0.478 e. The summed E-state index contributed by atoms with van der Waals surface area (Å²) in [6.07, 6.45) is 4.00. The van der Waals surface area contributed by atoms with Crippen LogP contribution in [0.2, 0.25) is 0 Å². The molecule has 1 fully saturated rings. The highest BCUT2D eigenvalue weighted by Gasteiger charge is 2.24. The number of hydrogen-bond donors (Lipinski definition) is 1. The molecule has 1 saturated heterocycles. The summed E-state index contributed by atoms with van der Waals surface area (Å²) in [5, 5.41) is 3.42. The molecule has 0 bridgehead atoms. The van der Waals surface area contributed by atoms with Gasteiger partial charge in [-0.25, -0.2) is 4.98 Å². The first-order valence-electron chi connectivity index (χ1n) is 8.87. The molecule has 2 rings (SSSR count). The number of nitrogens with one attached hydrogen (secondary N) is 1. The van der Waals surface area contributed by atoms with E-state index in [1.807, 2.05) is 32.3 Å². The van der Waals surface area contributed by atoms with E-state index in [1.165, 1.54) is 0 Å². The third-order valence-electron chi connectivity index (χ3n) is 4.06. The number of aromatic nitrogens is 1. The monoisotopic (exact) mass is 462 g/mol. The number of guanidine groups is 1. The molecular formula is C18H31IN4O2. The average molecular weight is 462 g/mol. The lowest BCUT2D eigenvalue weighted by molar-refractivity contribution is 0.114. The smallest absolute Gasteiger partial charge is 0.213 e. The van der Waals surface area contributed by atoms with E-state index in [0.29, 0.717) is 24.9 Å². The van der Waals surface area contributed by atoms with Crippen LogP contribution in [0.25, 0.3) is 0 Å². The molecule has 1 unspecified atom stereocenters. The molecule has 142 valence electrons. The van der Waals surface area contributed by atoms with Crippen LogP contribution in [0.15, 0.2) is 23.3 Å². The lowest BCUT2D eigenvalue weighted by atomic mass is 10.1. The zero-order valence-electron chi connectivity index (χ0n) is 15.5. The zero-order valence-corrected chi connectivity index (χ0v) is 17.9. The number of ether oxygens (including phenoxy) is 2. The van der Waals surface area contributed by atoms with E-state index in [4.69, 9.17) is 9.47 Å². The molecule has 1 aromatic rings. The van der Waals surface area contributed by atoms with Crippen molar-refractivity contribution in [1.29, 1.82) is 0 Å². The molecule has 0 radical (unpaired) electrons. The van der Waals surface area contributed by atoms with Crippen molar-refractivity contribution in [2.75, 3.05) is 40.0 Å². The van der Waals surface area contributed by atoms with Gasteiger partial charge < -0.3 is 19.7 Å². The number of pyridine rings is 1. The fourth-order valence-electron chi connectivity index (χ4n) is 2.77. The number of likely N-dealkylation sites (tertiary alicyclic amines) is 1. The maximum atomic E-state index is 5.54. The fraction of sp³-hybridized carbons (Fsp3) is 0.667. The highest BCUT2D eigenvalue weighted by atomic mass is 127. The predicted molar refractivity (Wildman–Crippen MR) is 112 cm³/mol. The van der Waals surface area contributed by atoms with Gasteiger partial charge in [-0.2, -0.15) is 0 Å². The Bertz CT molecular complexity index is 510. The molecule has 0 amide bonds. The molecule has 1 aliphatic heterocycles. The summed E-state index contributed by atoms with van der Waals surface area (Å²) < 4.78 is 11.0. The van der Waals surface area contributed by atoms with Crippen LogP contribution in [0.5, 0.6) is 5.88 Å². The molecular weight excluding hydrogens is 431 g/mol. The quantitative estimate of drug-likeness (QED) is 0.366. The van der Waals surface area contributed by atoms with E-state index in [-0.39, 0.29) is 24.0 Å². The van der Waals surface area contributed by atoms with Crippen molar-refractivity contribution in [2.24, 2.45) is 10.9 Å². The standard InChI is InChI=1S/C18H30N4O2.HI/c1-4-10-24-17-7-6-15(11-20-17)12-21-18(19-3)22-9-8-16(13-22)14-23-5-2;/h6-7,11,16H,4-5,8-10,12-14H2,1-3H3,(H,19,21);1H. The van der Waals surface area contributed by atoms with Crippen LogP contribution in [0.4, 0.5) is 0 Å². The van der Waals surface area contributed by atoms with Gasteiger partial charge in [0.25, 0.3) is 0 Å².